The lowest BCUT2D eigenvalue weighted by atomic mass is 9.94. The largest absolute Gasteiger partial charge is 0.337 e. The molecule has 0 spiro atoms. The van der Waals surface area contributed by atoms with Gasteiger partial charge in [0.1, 0.15) is 0 Å². The molecule has 2 rings (SSSR count). The molecule has 0 bridgehead atoms. The molecule has 0 aliphatic heterocycles. The van der Waals surface area contributed by atoms with Crippen LogP contribution in [0.5, 0.6) is 0 Å². The van der Waals surface area contributed by atoms with Crippen LogP contribution in [-0.4, -0.2) is 15.1 Å². The van der Waals surface area contributed by atoms with Crippen molar-refractivity contribution in [3.63, 3.8) is 0 Å². The second-order valence-corrected chi connectivity index (χ2v) is 4.54. The molecule has 2 heterocycles. The van der Waals surface area contributed by atoms with Crippen LogP contribution in [0, 0.1) is 0 Å². The Morgan fingerprint density at radius 3 is 2.75 bits per heavy atom. The molecule has 5 nitrogen and oxygen atoms in total. The number of nitrogens with zero attached hydrogens (tertiary/aromatic N) is 3. The van der Waals surface area contributed by atoms with Crippen LogP contribution >= 0.6 is 11.3 Å². The first-order chi connectivity index (χ1) is 7.69. The van der Waals surface area contributed by atoms with Crippen LogP contribution in [0.1, 0.15) is 32.6 Å². The Kier molecular flexibility index (Phi) is 3.02. The molecule has 0 saturated carbocycles. The lowest BCUT2D eigenvalue weighted by Crippen LogP contribution is -2.35. The average molecular weight is 238 g/mol. The highest BCUT2D eigenvalue weighted by molar-refractivity contribution is 7.13. The molecule has 0 aliphatic carbocycles. The van der Waals surface area contributed by atoms with Gasteiger partial charge in [0, 0.05) is 6.20 Å². The zero-order chi connectivity index (χ0) is 11.6. The van der Waals surface area contributed by atoms with Gasteiger partial charge in [-0.25, -0.2) is 0 Å². The van der Waals surface area contributed by atoms with Crippen molar-refractivity contribution in [1.29, 1.82) is 0 Å². The van der Waals surface area contributed by atoms with Crippen LogP contribution in [0.4, 0.5) is 0 Å². The molecule has 0 fully saturated rings. The smallest absolute Gasteiger partial charge is 0.247 e. The fourth-order valence-corrected chi connectivity index (χ4v) is 1.95. The zero-order valence-corrected chi connectivity index (χ0v) is 10.1. The second-order valence-electron chi connectivity index (χ2n) is 3.65. The van der Waals surface area contributed by atoms with Crippen molar-refractivity contribution in [1.82, 2.24) is 15.1 Å². The number of thiazole rings is 1. The summed E-state index contributed by atoms with van der Waals surface area (Å²) in [4.78, 5) is 9.20. The van der Waals surface area contributed by atoms with E-state index in [0.717, 1.165) is 17.7 Å². The van der Waals surface area contributed by atoms with Crippen molar-refractivity contribution in [3.05, 3.63) is 17.6 Å². The van der Waals surface area contributed by atoms with Gasteiger partial charge in [-0.3, -0.25) is 4.98 Å². The molecule has 2 aromatic heterocycles. The van der Waals surface area contributed by atoms with E-state index in [1.54, 1.807) is 11.7 Å². The van der Waals surface area contributed by atoms with Crippen LogP contribution in [0.3, 0.4) is 0 Å². The van der Waals surface area contributed by atoms with E-state index in [2.05, 4.69) is 15.1 Å². The van der Waals surface area contributed by atoms with Crippen molar-refractivity contribution in [3.8, 4) is 10.7 Å². The summed E-state index contributed by atoms with van der Waals surface area (Å²) in [6.07, 6.45) is 3.26. The first-order valence-corrected chi connectivity index (χ1v) is 6.09. The molecule has 2 N–H and O–H groups in total. The Hall–Kier alpha value is -1.27. The van der Waals surface area contributed by atoms with Gasteiger partial charge in [0.25, 0.3) is 0 Å². The van der Waals surface area contributed by atoms with E-state index in [-0.39, 0.29) is 0 Å². The SMILES string of the molecule is CCC(N)(CC)c1nc(-c2cncs2)no1. The van der Waals surface area contributed by atoms with Crippen LogP contribution in [0.25, 0.3) is 10.7 Å². The Morgan fingerprint density at radius 2 is 2.19 bits per heavy atom. The van der Waals surface area contributed by atoms with Gasteiger partial charge in [0.15, 0.2) is 0 Å². The van der Waals surface area contributed by atoms with Gasteiger partial charge >= 0.3 is 0 Å². The van der Waals surface area contributed by atoms with Gasteiger partial charge in [0.2, 0.25) is 11.7 Å². The van der Waals surface area contributed by atoms with Gasteiger partial charge < -0.3 is 10.3 Å². The molecule has 0 amide bonds. The van der Waals surface area contributed by atoms with Crippen LogP contribution in [0.2, 0.25) is 0 Å². The summed E-state index contributed by atoms with van der Waals surface area (Å²) in [5.74, 6) is 1.06. The molecular weight excluding hydrogens is 224 g/mol. The summed E-state index contributed by atoms with van der Waals surface area (Å²) in [5, 5.41) is 3.92. The predicted octanol–water partition coefficient (Wildman–Crippen LogP) is 2.17. The molecule has 86 valence electrons. The molecule has 0 saturated heterocycles. The maximum Gasteiger partial charge on any atom is 0.247 e. The Bertz CT molecular complexity index is 447. The summed E-state index contributed by atoms with van der Waals surface area (Å²) in [6, 6.07) is 0. The van der Waals surface area contributed by atoms with Crippen LogP contribution in [-0.2, 0) is 5.54 Å². The first kappa shape index (κ1) is 11.2. The fraction of sp³-hybridized carbons (Fsp3) is 0.500. The number of nitrogens with two attached hydrogens (primary N) is 1. The summed E-state index contributed by atoms with van der Waals surface area (Å²) in [7, 11) is 0. The third-order valence-electron chi connectivity index (χ3n) is 2.77. The summed E-state index contributed by atoms with van der Waals surface area (Å²) < 4.78 is 5.23. The molecule has 0 unspecified atom stereocenters. The predicted molar refractivity (Wildman–Crippen MR) is 61.9 cm³/mol. The van der Waals surface area contributed by atoms with E-state index in [0.29, 0.717) is 11.7 Å². The third kappa shape index (κ3) is 1.85. The minimum Gasteiger partial charge on any atom is -0.337 e. The van der Waals surface area contributed by atoms with E-state index in [1.807, 2.05) is 13.8 Å². The quantitative estimate of drug-likeness (QED) is 0.883. The normalized spacial score (nSPS) is 11.9. The van der Waals surface area contributed by atoms with Crippen molar-refractivity contribution in [2.45, 2.75) is 32.2 Å². The molecule has 0 aliphatic rings. The van der Waals surface area contributed by atoms with Crippen LogP contribution < -0.4 is 5.73 Å². The van der Waals surface area contributed by atoms with Gasteiger partial charge in [0.05, 0.1) is 15.9 Å². The highest BCUT2D eigenvalue weighted by atomic mass is 32.1. The van der Waals surface area contributed by atoms with Crippen molar-refractivity contribution in [2.75, 3.05) is 0 Å². The Balaban J connectivity index is 2.33. The van der Waals surface area contributed by atoms with Crippen molar-refractivity contribution >= 4 is 11.3 Å². The minimum atomic E-state index is -0.518. The fourth-order valence-electron chi connectivity index (χ4n) is 1.40. The van der Waals surface area contributed by atoms with Gasteiger partial charge in [-0.1, -0.05) is 19.0 Å². The van der Waals surface area contributed by atoms with E-state index in [9.17, 15) is 0 Å². The number of aromatic nitrogens is 3. The Labute approximate surface area is 97.7 Å². The highest BCUT2D eigenvalue weighted by Crippen LogP contribution is 2.27. The summed E-state index contributed by atoms with van der Waals surface area (Å²) >= 11 is 1.48. The number of rotatable bonds is 4. The standard InChI is InChI=1S/C10H14N4OS/c1-3-10(11,4-2)9-13-8(14-15-9)7-5-12-6-16-7/h5-6H,3-4,11H2,1-2H3. The number of hydrogen-bond donors (Lipinski definition) is 1. The lowest BCUT2D eigenvalue weighted by Gasteiger charge is -2.20. The molecule has 6 heteroatoms. The Morgan fingerprint density at radius 1 is 1.44 bits per heavy atom. The van der Waals surface area contributed by atoms with Crippen molar-refractivity contribution in [2.24, 2.45) is 5.73 Å². The maximum atomic E-state index is 6.18. The van der Waals surface area contributed by atoms with E-state index >= 15 is 0 Å². The minimum absolute atomic E-state index is 0.501. The average Bonchev–Trinajstić information content (AvgIpc) is 2.97. The highest BCUT2D eigenvalue weighted by Gasteiger charge is 2.30. The molecule has 2 aromatic rings. The summed E-state index contributed by atoms with van der Waals surface area (Å²) in [5.41, 5.74) is 7.40. The maximum absolute atomic E-state index is 6.18. The van der Waals surface area contributed by atoms with E-state index < -0.39 is 5.54 Å². The van der Waals surface area contributed by atoms with Crippen LogP contribution in [0.15, 0.2) is 16.2 Å². The topological polar surface area (TPSA) is 77.8 Å². The third-order valence-corrected chi connectivity index (χ3v) is 3.54. The lowest BCUT2D eigenvalue weighted by molar-refractivity contribution is 0.268. The van der Waals surface area contributed by atoms with Crippen molar-refractivity contribution < 1.29 is 4.52 Å². The number of hydrogen-bond acceptors (Lipinski definition) is 6. The van der Waals surface area contributed by atoms with Gasteiger partial charge in [-0.15, -0.1) is 11.3 Å². The molecular formula is C10H14N4OS. The zero-order valence-electron chi connectivity index (χ0n) is 9.30. The van der Waals surface area contributed by atoms with Gasteiger partial charge in [-0.2, -0.15) is 4.98 Å². The molecule has 0 aromatic carbocycles. The molecule has 16 heavy (non-hydrogen) atoms. The second kappa shape index (κ2) is 4.31. The summed E-state index contributed by atoms with van der Waals surface area (Å²) in [6.45, 7) is 4.03. The molecule has 0 atom stereocenters. The van der Waals surface area contributed by atoms with Gasteiger partial charge in [-0.05, 0) is 12.8 Å². The monoisotopic (exact) mass is 238 g/mol. The first-order valence-electron chi connectivity index (χ1n) is 5.21. The van der Waals surface area contributed by atoms with E-state index in [1.165, 1.54) is 11.3 Å². The molecule has 0 radical (unpaired) electrons. The van der Waals surface area contributed by atoms with E-state index in [4.69, 9.17) is 10.3 Å².